The highest BCUT2D eigenvalue weighted by Crippen LogP contribution is 2.26. The smallest absolute Gasteiger partial charge is 0.137 e. The van der Waals surface area contributed by atoms with Gasteiger partial charge in [-0.05, 0) is 58.7 Å². The summed E-state index contributed by atoms with van der Waals surface area (Å²) in [5.74, 6) is 0.0410. The van der Waals surface area contributed by atoms with Crippen molar-refractivity contribution in [2.75, 3.05) is 7.11 Å². The Morgan fingerprint density at radius 1 is 1.19 bits per heavy atom. The van der Waals surface area contributed by atoms with Gasteiger partial charge >= 0.3 is 0 Å². The summed E-state index contributed by atoms with van der Waals surface area (Å²) in [4.78, 5) is 0. The second-order valence-corrected chi connectivity index (χ2v) is 5.59. The molecule has 2 aromatic rings. The van der Waals surface area contributed by atoms with E-state index in [1.807, 2.05) is 6.92 Å². The van der Waals surface area contributed by atoms with Crippen LogP contribution >= 0.6 is 15.9 Å². The highest BCUT2D eigenvalue weighted by atomic mass is 79.9. The second kappa shape index (κ2) is 7.00. The number of rotatable bonds is 5. The fraction of sp³-hybridized carbons (Fsp3) is 0.250. The lowest BCUT2D eigenvalue weighted by atomic mass is 10.1. The van der Waals surface area contributed by atoms with Crippen LogP contribution in [0.2, 0.25) is 0 Å². The molecule has 0 spiro atoms. The lowest BCUT2D eigenvalue weighted by Gasteiger charge is -2.17. The molecule has 0 heterocycles. The maximum atomic E-state index is 13.4. The maximum absolute atomic E-state index is 13.4. The fourth-order valence-corrected chi connectivity index (χ4v) is 2.50. The minimum Gasteiger partial charge on any atom is -0.496 e. The van der Waals surface area contributed by atoms with Crippen LogP contribution in [-0.2, 0) is 6.54 Å². The van der Waals surface area contributed by atoms with Crippen LogP contribution in [0.1, 0.15) is 24.1 Å². The predicted molar refractivity (Wildman–Crippen MR) is 82.3 cm³/mol. The summed E-state index contributed by atoms with van der Waals surface area (Å²) >= 11 is 3.16. The van der Waals surface area contributed by atoms with Crippen LogP contribution < -0.4 is 10.1 Å². The third kappa shape index (κ3) is 4.02. The van der Waals surface area contributed by atoms with Crippen molar-refractivity contribution in [1.29, 1.82) is 0 Å². The molecule has 1 unspecified atom stereocenters. The molecule has 2 rings (SSSR count). The van der Waals surface area contributed by atoms with Crippen LogP contribution in [-0.4, -0.2) is 7.11 Å². The van der Waals surface area contributed by atoms with E-state index in [4.69, 9.17) is 4.74 Å². The third-order valence-corrected chi connectivity index (χ3v) is 3.86. The molecule has 0 amide bonds. The van der Waals surface area contributed by atoms with Crippen molar-refractivity contribution in [3.8, 4) is 5.75 Å². The van der Waals surface area contributed by atoms with E-state index in [9.17, 15) is 8.78 Å². The van der Waals surface area contributed by atoms with Gasteiger partial charge < -0.3 is 10.1 Å². The van der Waals surface area contributed by atoms with Gasteiger partial charge in [0, 0.05) is 18.2 Å². The van der Waals surface area contributed by atoms with Crippen LogP contribution in [0.4, 0.5) is 8.78 Å². The number of nitrogens with one attached hydrogen (secondary N) is 1. The zero-order valence-electron chi connectivity index (χ0n) is 11.8. The molecule has 5 heteroatoms. The Morgan fingerprint density at radius 2 is 1.95 bits per heavy atom. The zero-order chi connectivity index (χ0) is 15.4. The predicted octanol–water partition coefficient (Wildman–Crippen LogP) is 4.59. The number of halogens is 3. The molecule has 0 fully saturated rings. The SMILES string of the molecule is COc1ccc(F)cc1C(C)NCc1ccc(F)c(Br)c1. The van der Waals surface area contributed by atoms with Crippen molar-refractivity contribution < 1.29 is 13.5 Å². The van der Waals surface area contributed by atoms with Gasteiger partial charge in [-0.1, -0.05) is 6.07 Å². The molecule has 0 radical (unpaired) electrons. The number of methoxy groups -OCH3 is 1. The van der Waals surface area contributed by atoms with E-state index in [-0.39, 0.29) is 17.7 Å². The first-order valence-corrected chi connectivity index (χ1v) is 7.31. The van der Waals surface area contributed by atoms with E-state index in [1.54, 1.807) is 25.3 Å². The molecule has 0 aliphatic carbocycles. The van der Waals surface area contributed by atoms with Crippen molar-refractivity contribution >= 4 is 15.9 Å². The van der Waals surface area contributed by atoms with Gasteiger partial charge in [0.25, 0.3) is 0 Å². The fourth-order valence-electron chi connectivity index (χ4n) is 2.07. The summed E-state index contributed by atoms with van der Waals surface area (Å²) in [6, 6.07) is 9.18. The monoisotopic (exact) mass is 355 g/mol. The Kier molecular flexibility index (Phi) is 5.31. The number of hydrogen-bond acceptors (Lipinski definition) is 2. The minimum absolute atomic E-state index is 0.0977. The summed E-state index contributed by atoms with van der Waals surface area (Å²) in [5.41, 5.74) is 1.68. The molecule has 0 aliphatic heterocycles. The molecule has 1 atom stereocenters. The van der Waals surface area contributed by atoms with Gasteiger partial charge in [-0.3, -0.25) is 0 Å². The topological polar surface area (TPSA) is 21.3 Å². The molecule has 0 saturated carbocycles. The van der Waals surface area contributed by atoms with Gasteiger partial charge in [0.1, 0.15) is 17.4 Å². The van der Waals surface area contributed by atoms with Gasteiger partial charge in [0.05, 0.1) is 11.6 Å². The molecule has 21 heavy (non-hydrogen) atoms. The molecule has 2 aromatic carbocycles. The Morgan fingerprint density at radius 3 is 2.62 bits per heavy atom. The zero-order valence-corrected chi connectivity index (χ0v) is 13.4. The van der Waals surface area contributed by atoms with Gasteiger partial charge in [-0.15, -0.1) is 0 Å². The van der Waals surface area contributed by atoms with Crippen LogP contribution in [0, 0.1) is 11.6 Å². The first-order chi connectivity index (χ1) is 10.0. The number of benzene rings is 2. The molecule has 0 bridgehead atoms. The van der Waals surface area contributed by atoms with E-state index in [0.29, 0.717) is 16.8 Å². The average Bonchev–Trinajstić information content (AvgIpc) is 2.48. The molecule has 1 N–H and O–H groups in total. The van der Waals surface area contributed by atoms with Gasteiger partial charge in [0.15, 0.2) is 0 Å². The van der Waals surface area contributed by atoms with Crippen LogP contribution in [0.5, 0.6) is 5.75 Å². The third-order valence-electron chi connectivity index (χ3n) is 3.25. The molecular weight excluding hydrogens is 340 g/mol. The van der Waals surface area contributed by atoms with Crippen LogP contribution in [0.3, 0.4) is 0 Å². The molecule has 0 aliphatic rings. The van der Waals surface area contributed by atoms with E-state index < -0.39 is 0 Å². The summed E-state index contributed by atoms with van der Waals surface area (Å²) in [7, 11) is 1.56. The van der Waals surface area contributed by atoms with E-state index in [2.05, 4.69) is 21.2 Å². The van der Waals surface area contributed by atoms with Crippen LogP contribution in [0.25, 0.3) is 0 Å². The highest BCUT2D eigenvalue weighted by Gasteiger charge is 2.12. The Balaban J connectivity index is 2.09. The van der Waals surface area contributed by atoms with Crippen molar-refractivity contribution in [1.82, 2.24) is 5.32 Å². The van der Waals surface area contributed by atoms with E-state index in [0.717, 1.165) is 11.1 Å². The summed E-state index contributed by atoms with van der Waals surface area (Å²) in [6.07, 6.45) is 0. The number of hydrogen-bond donors (Lipinski definition) is 1. The average molecular weight is 356 g/mol. The Hall–Kier alpha value is -1.46. The van der Waals surface area contributed by atoms with Crippen molar-refractivity contribution in [3.63, 3.8) is 0 Å². The van der Waals surface area contributed by atoms with Crippen LogP contribution in [0.15, 0.2) is 40.9 Å². The van der Waals surface area contributed by atoms with Crippen molar-refractivity contribution in [2.24, 2.45) is 0 Å². The van der Waals surface area contributed by atoms with E-state index >= 15 is 0 Å². The normalized spacial score (nSPS) is 12.2. The number of ether oxygens (including phenoxy) is 1. The summed E-state index contributed by atoms with van der Waals surface area (Å²) < 4.78 is 32.2. The molecule has 0 aromatic heterocycles. The minimum atomic E-state index is -0.302. The first kappa shape index (κ1) is 15.9. The van der Waals surface area contributed by atoms with Crippen molar-refractivity contribution in [2.45, 2.75) is 19.5 Å². The summed E-state index contributed by atoms with van der Waals surface area (Å²) in [5, 5.41) is 3.27. The molecule has 112 valence electrons. The maximum Gasteiger partial charge on any atom is 0.137 e. The lowest BCUT2D eigenvalue weighted by Crippen LogP contribution is -2.19. The Labute approximate surface area is 131 Å². The molecule has 0 saturated heterocycles. The van der Waals surface area contributed by atoms with E-state index in [1.165, 1.54) is 18.2 Å². The first-order valence-electron chi connectivity index (χ1n) is 6.52. The van der Waals surface area contributed by atoms with Gasteiger partial charge in [-0.25, -0.2) is 8.78 Å². The Bertz CT molecular complexity index is 634. The van der Waals surface area contributed by atoms with Gasteiger partial charge in [-0.2, -0.15) is 0 Å². The lowest BCUT2D eigenvalue weighted by molar-refractivity contribution is 0.399. The standard InChI is InChI=1S/C16H16BrF2NO/c1-10(13-8-12(18)4-6-16(13)21-2)20-9-11-3-5-15(19)14(17)7-11/h3-8,10,20H,9H2,1-2H3. The highest BCUT2D eigenvalue weighted by molar-refractivity contribution is 9.10. The quantitative estimate of drug-likeness (QED) is 0.846. The molecule has 2 nitrogen and oxygen atoms in total. The summed E-state index contributed by atoms with van der Waals surface area (Å²) in [6.45, 7) is 2.47. The largest absolute Gasteiger partial charge is 0.496 e. The van der Waals surface area contributed by atoms with Gasteiger partial charge in [0.2, 0.25) is 0 Å². The molecular formula is C16H16BrF2NO. The van der Waals surface area contributed by atoms with Crippen molar-refractivity contribution in [3.05, 3.63) is 63.6 Å². The second-order valence-electron chi connectivity index (χ2n) is 4.74.